The average molecular weight is 777 g/mol. The van der Waals surface area contributed by atoms with E-state index in [9.17, 15) is 26.0 Å². The number of hydrogen-bond donors (Lipinski definition) is 0. The lowest BCUT2D eigenvalue weighted by atomic mass is 9.68. The Kier molecular flexibility index (Phi) is 3.00. The Hall–Kier alpha value is -7.48. The lowest BCUT2D eigenvalue weighted by Crippen LogP contribution is -2.28. The molecule has 0 spiro atoms. The fourth-order valence-electron chi connectivity index (χ4n) is 6.73. The quantitative estimate of drug-likeness (QED) is 0.156. The standard InChI is InChI=1S/C57H39N/c1-3-18-48(19-4-1)57(49-20-5-2-6-21-49)53-23-12-11-22-52(53)56-54(57)24-13-25-55(56)58(50-34-30-42(31-35-50)46-28-26-40-14-7-9-16-44(40)38-46)51-36-32-43(33-37-51)47-29-27-41-15-8-10-17-45(41)39-47/h1-39H/i1D,2D,3D,4D,5D,6D,7D,8D,9D,10D,11D,12D,13D,14D,15D,16D,17D,18D,19D,20D,21D,22D,23D,24D,25D,26D,27D,28D,29D,30D,31D,32D,33D,34D,35D,36D,37D,38D,39D. The Labute approximate surface area is 394 Å². The van der Waals surface area contributed by atoms with Crippen LogP contribution in [0.5, 0.6) is 0 Å². The molecule has 1 aliphatic carbocycles. The van der Waals surface area contributed by atoms with Gasteiger partial charge in [0.2, 0.25) is 0 Å². The van der Waals surface area contributed by atoms with Crippen LogP contribution in [-0.2, 0) is 5.41 Å². The van der Waals surface area contributed by atoms with Crippen LogP contribution in [-0.4, -0.2) is 0 Å². The summed E-state index contributed by atoms with van der Waals surface area (Å²) in [4.78, 5) is 0.185. The number of nitrogens with zero attached hydrogens (tertiary/aromatic N) is 1. The van der Waals surface area contributed by atoms with Crippen LogP contribution in [0.2, 0.25) is 0 Å². The maximum Gasteiger partial charge on any atom is 0.0714 e. The summed E-state index contributed by atoms with van der Waals surface area (Å²) >= 11 is 0. The van der Waals surface area contributed by atoms with Crippen molar-refractivity contribution in [3.05, 3.63) is 258 Å². The van der Waals surface area contributed by atoms with E-state index in [4.69, 9.17) is 27.4 Å². The normalized spacial score (nSPS) is 22.0. The highest BCUT2D eigenvalue weighted by atomic mass is 15.1. The van der Waals surface area contributed by atoms with Gasteiger partial charge in [-0.15, -0.1) is 0 Å². The van der Waals surface area contributed by atoms with Gasteiger partial charge >= 0.3 is 0 Å². The molecule has 0 bridgehead atoms. The summed E-state index contributed by atoms with van der Waals surface area (Å²) in [5.41, 5.74) is -19.1. The van der Waals surface area contributed by atoms with Crippen molar-refractivity contribution in [2.24, 2.45) is 0 Å². The van der Waals surface area contributed by atoms with Crippen LogP contribution in [0, 0.1) is 0 Å². The van der Waals surface area contributed by atoms with Crippen LogP contribution in [0.1, 0.15) is 75.7 Å². The zero-order valence-corrected chi connectivity index (χ0v) is 28.9. The molecular weight excluding hydrogens is 699 g/mol. The summed E-state index contributed by atoms with van der Waals surface area (Å²) in [5, 5.41) is -2.86. The van der Waals surface area contributed by atoms with Crippen LogP contribution in [0.25, 0.3) is 54.9 Å². The molecule has 58 heavy (non-hydrogen) atoms. The van der Waals surface area contributed by atoms with Gasteiger partial charge < -0.3 is 4.90 Å². The molecule has 0 fully saturated rings. The fourth-order valence-corrected chi connectivity index (χ4v) is 6.73. The van der Waals surface area contributed by atoms with Crippen LogP contribution in [0.15, 0.2) is 236 Å². The van der Waals surface area contributed by atoms with E-state index in [1.165, 1.54) is 0 Å². The molecule has 0 radical (unpaired) electrons. The molecule has 0 N–H and O–H groups in total. The van der Waals surface area contributed by atoms with Crippen molar-refractivity contribution in [2.75, 3.05) is 4.90 Å². The zero-order valence-electron chi connectivity index (χ0n) is 67.9. The van der Waals surface area contributed by atoms with E-state index >= 15 is 0 Å². The van der Waals surface area contributed by atoms with E-state index in [1.54, 1.807) is 0 Å². The second-order valence-electron chi connectivity index (χ2n) is 12.3. The van der Waals surface area contributed by atoms with Gasteiger partial charge in [0.25, 0.3) is 0 Å². The van der Waals surface area contributed by atoms with Crippen LogP contribution in [0.4, 0.5) is 17.1 Å². The SMILES string of the molecule is [2H]c1c([2H])c([2H])c(C2(c3c([2H])c([2H])c([2H])c([2H])c3[2H])c3c([2H])c([2H])c([2H])c([2H])c3-c3c(N(c4c([2H])c([2H])c(-c5c([2H])c([2H])c6c([2H])c([2H])c([2H])c([2H])c6c5[2H])c([2H])c4[2H])c4c([2H])c([2H])c(-c5c([2H])c([2H])c6c([2H])c([2H])c([2H])c([2H])c6c5[2H])c([2H])c4[2H])c([2H])c([2H])c([2H])c32)c([2H])c1[2H]. The second kappa shape index (κ2) is 13.9. The topological polar surface area (TPSA) is 3.24 Å². The molecule has 10 aromatic rings. The number of rotatable bonds is 7. The minimum Gasteiger partial charge on any atom is -0.310 e. The van der Waals surface area contributed by atoms with Crippen LogP contribution >= 0.6 is 0 Å². The Morgan fingerprint density at radius 1 is 0.328 bits per heavy atom. The summed E-state index contributed by atoms with van der Waals surface area (Å²) in [7, 11) is 0. The molecule has 0 amide bonds. The molecule has 0 atom stereocenters. The van der Waals surface area contributed by atoms with Crippen LogP contribution < -0.4 is 4.90 Å². The monoisotopic (exact) mass is 777 g/mol. The number of benzene rings is 10. The maximum absolute atomic E-state index is 10.0. The molecule has 11 rings (SSSR count). The lowest BCUT2D eigenvalue weighted by Gasteiger charge is -2.34. The van der Waals surface area contributed by atoms with Crippen molar-refractivity contribution in [3.8, 4) is 33.4 Å². The smallest absolute Gasteiger partial charge is 0.0714 e. The Morgan fingerprint density at radius 3 is 1.29 bits per heavy atom. The summed E-state index contributed by atoms with van der Waals surface area (Å²) < 4.78 is 361. The van der Waals surface area contributed by atoms with E-state index in [0.717, 1.165) is 0 Å². The molecule has 272 valence electrons. The van der Waals surface area contributed by atoms with E-state index in [-0.39, 0.29) is 4.90 Å². The zero-order chi connectivity index (χ0) is 72.4. The minimum atomic E-state index is -3.57. The highest BCUT2D eigenvalue weighted by Crippen LogP contribution is 2.59. The van der Waals surface area contributed by atoms with Crippen molar-refractivity contribution in [3.63, 3.8) is 0 Å². The summed E-state index contributed by atoms with van der Waals surface area (Å²) in [6, 6.07) is -47.5. The largest absolute Gasteiger partial charge is 0.310 e. The molecule has 1 aliphatic rings. The van der Waals surface area contributed by atoms with Crippen molar-refractivity contribution < 1.29 is 53.5 Å². The molecule has 10 aromatic carbocycles. The molecular formula is C57H39N. The van der Waals surface area contributed by atoms with Gasteiger partial charge in [-0.05, 0) is 114 Å². The van der Waals surface area contributed by atoms with Gasteiger partial charge in [0.05, 0.1) is 64.6 Å². The molecule has 0 heterocycles. The summed E-state index contributed by atoms with van der Waals surface area (Å²) in [6.45, 7) is 0. The molecule has 0 saturated carbocycles. The van der Waals surface area contributed by atoms with Gasteiger partial charge in [-0.1, -0.05) is 193 Å². The second-order valence-corrected chi connectivity index (χ2v) is 12.3. The van der Waals surface area contributed by atoms with Gasteiger partial charge in [-0.25, -0.2) is 0 Å². The first-order valence-corrected chi connectivity index (χ1v) is 16.9. The molecule has 0 saturated heterocycles. The van der Waals surface area contributed by atoms with E-state index in [2.05, 4.69) is 0 Å². The molecule has 1 heteroatoms. The number of hydrogen-bond acceptors (Lipinski definition) is 1. The Bertz CT molecular complexity index is 5030. The predicted molar refractivity (Wildman–Crippen MR) is 244 cm³/mol. The first kappa shape index (κ1) is 12.5. The van der Waals surface area contributed by atoms with Crippen molar-refractivity contribution in [1.82, 2.24) is 0 Å². The lowest BCUT2D eigenvalue weighted by molar-refractivity contribution is 0.768. The highest BCUT2D eigenvalue weighted by Gasteiger charge is 2.47. The fraction of sp³-hybridized carbons (Fsp3) is 0.0175. The van der Waals surface area contributed by atoms with Gasteiger partial charge in [0.1, 0.15) is 0 Å². The minimum absolute atomic E-state index is 0.185. The van der Waals surface area contributed by atoms with Crippen molar-refractivity contribution in [1.29, 1.82) is 0 Å². The average Bonchev–Trinajstić information content (AvgIpc) is 1.51. The third-order valence-corrected chi connectivity index (χ3v) is 9.19. The third kappa shape index (κ3) is 5.47. The predicted octanol–water partition coefficient (Wildman–Crippen LogP) is 15.2. The number of fused-ring (bicyclic) bond motifs is 5. The molecule has 0 aromatic heterocycles. The van der Waals surface area contributed by atoms with Gasteiger partial charge in [0.15, 0.2) is 0 Å². The van der Waals surface area contributed by atoms with Gasteiger partial charge in [0, 0.05) is 16.9 Å². The van der Waals surface area contributed by atoms with E-state index in [1.807, 2.05) is 0 Å². The molecule has 1 nitrogen and oxygen atoms in total. The highest BCUT2D eigenvalue weighted by molar-refractivity contribution is 5.98. The van der Waals surface area contributed by atoms with Crippen molar-refractivity contribution >= 4 is 38.6 Å². The van der Waals surface area contributed by atoms with E-state index in [0.29, 0.717) is 0 Å². The van der Waals surface area contributed by atoms with E-state index < -0.39 is 335 Å². The first-order chi connectivity index (χ1) is 45.0. The number of anilines is 3. The van der Waals surface area contributed by atoms with Gasteiger partial charge in [-0.3, -0.25) is 0 Å². The summed E-state index contributed by atoms with van der Waals surface area (Å²) in [5.74, 6) is 0. The first-order valence-electron chi connectivity index (χ1n) is 36.4. The van der Waals surface area contributed by atoms with Gasteiger partial charge in [-0.2, -0.15) is 0 Å². The molecule has 0 unspecified atom stereocenters. The van der Waals surface area contributed by atoms with Crippen molar-refractivity contribution in [2.45, 2.75) is 5.41 Å². The molecule has 0 aliphatic heterocycles. The third-order valence-electron chi connectivity index (χ3n) is 9.19. The maximum atomic E-state index is 10.0. The Morgan fingerprint density at radius 2 is 0.759 bits per heavy atom. The summed E-state index contributed by atoms with van der Waals surface area (Å²) in [6.07, 6.45) is 0. The van der Waals surface area contributed by atoms with Crippen LogP contribution in [0.3, 0.4) is 0 Å². The Balaban J connectivity index is 1.44.